The van der Waals surface area contributed by atoms with Gasteiger partial charge in [-0.3, -0.25) is 9.59 Å². The molecule has 0 unspecified atom stereocenters. The summed E-state index contributed by atoms with van der Waals surface area (Å²) in [6.07, 6.45) is 0. The first-order valence-corrected chi connectivity index (χ1v) is 4.27. The Morgan fingerprint density at radius 2 is 2.00 bits per heavy atom. The first kappa shape index (κ1) is 12.9. The molecule has 0 spiro atoms. The van der Waals surface area contributed by atoms with E-state index in [1.54, 1.807) is 13.8 Å². The molecule has 0 fully saturated rings. The Balaban J connectivity index is 3.46. The smallest absolute Gasteiger partial charge is 0.243 e. The van der Waals surface area contributed by atoms with Crippen molar-refractivity contribution >= 4 is 11.8 Å². The first-order valence-electron chi connectivity index (χ1n) is 4.27. The molecule has 0 rings (SSSR count). The lowest BCUT2D eigenvalue weighted by molar-refractivity contribution is -0.125. The van der Waals surface area contributed by atoms with E-state index in [2.05, 4.69) is 5.32 Å². The number of hydrogen-bond donors (Lipinski definition) is 3. The molecule has 0 saturated heterocycles. The van der Waals surface area contributed by atoms with E-state index in [9.17, 15) is 9.59 Å². The summed E-state index contributed by atoms with van der Waals surface area (Å²) < 4.78 is 4.83. The summed E-state index contributed by atoms with van der Waals surface area (Å²) in [6.45, 7) is 3.62. The number of ether oxygens (including phenoxy) is 1. The van der Waals surface area contributed by atoms with Crippen LogP contribution in [0, 0.1) is 0 Å². The maximum absolute atomic E-state index is 11.2. The zero-order valence-corrected chi connectivity index (χ0v) is 8.50. The quantitative estimate of drug-likeness (QED) is 0.449. The minimum atomic E-state index is -0.899. The molecule has 82 valence electrons. The van der Waals surface area contributed by atoms with Gasteiger partial charge >= 0.3 is 0 Å². The highest BCUT2D eigenvalue weighted by atomic mass is 16.5. The molecule has 6 nitrogen and oxygen atoms in total. The fourth-order valence-corrected chi connectivity index (χ4v) is 0.637. The van der Waals surface area contributed by atoms with E-state index in [0.717, 1.165) is 0 Å². The third-order valence-corrected chi connectivity index (χ3v) is 1.36. The lowest BCUT2D eigenvalue weighted by Gasteiger charge is -2.17. The SMILES string of the molecule is CC(C)(N)C(=O)NCCOCC(N)=O. The molecule has 6 heteroatoms. The van der Waals surface area contributed by atoms with E-state index in [0.29, 0.717) is 6.54 Å². The molecule has 0 aliphatic rings. The molecule has 0 aliphatic heterocycles. The van der Waals surface area contributed by atoms with Gasteiger partial charge in [-0.1, -0.05) is 0 Å². The van der Waals surface area contributed by atoms with Gasteiger partial charge in [-0.2, -0.15) is 0 Å². The van der Waals surface area contributed by atoms with Crippen LogP contribution in [-0.4, -0.2) is 37.1 Å². The van der Waals surface area contributed by atoms with Crippen molar-refractivity contribution in [2.45, 2.75) is 19.4 Å². The largest absolute Gasteiger partial charge is 0.370 e. The predicted octanol–water partition coefficient (Wildman–Crippen LogP) is -1.66. The van der Waals surface area contributed by atoms with E-state index < -0.39 is 11.4 Å². The summed E-state index contributed by atoms with van der Waals surface area (Å²) in [4.78, 5) is 21.4. The Morgan fingerprint density at radius 1 is 1.43 bits per heavy atom. The van der Waals surface area contributed by atoms with Crippen LogP contribution in [0.25, 0.3) is 0 Å². The van der Waals surface area contributed by atoms with Gasteiger partial charge in [-0.15, -0.1) is 0 Å². The fourth-order valence-electron chi connectivity index (χ4n) is 0.637. The number of amides is 2. The Morgan fingerprint density at radius 3 is 2.43 bits per heavy atom. The van der Waals surface area contributed by atoms with Crippen molar-refractivity contribution in [2.75, 3.05) is 19.8 Å². The molecule has 0 aromatic heterocycles. The number of rotatable bonds is 6. The Hall–Kier alpha value is -1.14. The second-order valence-electron chi connectivity index (χ2n) is 3.50. The van der Waals surface area contributed by atoms with Crippen molar-refractivity contribution in [1.29, 1.82) is 0 Å². The molecule has 2 amide bonds. The van der Waals surface area contributed by atoms with Crippen molar-refractivity contribution < 1.29 is 14.3 Å². The van der Waals surface area contributed by atoms with Crippen LogP contribution in [0.3, 0.4) is 0 Å². The lowest BCUT2D eigenvalue weighted by atomic mass is 10.1. The predicted molar refractivity (Wildman–Crippen MR) is 51.3 cm³/mol. The zero-order chi connectivity index (χ0) is 11.2. The highest BCUT2D eigenvalue weighted by Gasteiger charge is 2.20. The molecule has 0 heterocycles. The summed E-state index contributed by atoms with van der Waals surface area (Å²) in [5.74, 6) is -0.796. The highest BCUT2D eigenvalue weighted by molar-refractivity contribution is 5.84. The topological polar surface area (TPSA) is 107 Å². The average Bonchev–Trinajstić information content (AvgIpc) is 2.01. The van der Waals surface area contributed by atoms with Crippen LogP contribution in [0.4, 0.5) is 0 Å². The van der Waals surface area contributed by atoms with Crippen molar-refractivity contribution in [1.82, 2.24) is 5.32 Å². The van der Waals surface area contributed by atoms with Crippen molar-refractivity contribution in [3.63, 3.8) is 0 Å². The number of carbonyl (C=O) groups is 2. The standard InChI is InChI=1S/C8H17N3O3/c1-8(2,10)7(13)11-3-4-14-5-6(9)12/h3-5,10H2,1-2H3,(H2,9,12)(H,11,13). The summed E-state index contributed by atoms with van der Waals surface area (Å²) in [5.41, 5.74) is 9.45. The molecule has 0 saturated carbocycles. The number of carbonyl (C=O) groups excluding carboxylic acids is 2. The van der Waals surface area contributed by atoms with E-state index in [4.69, 9.17) is 16.2 Å². The van der Waals surface area contributed by atoms with Crippen molar-refractivity contribution in [3.8, 4) is 0 Å². The van der Waals surface area contributed by atoms with Gasteiger partial charge in [-0.25, -0.2) is 0 Å². The number of nitrogens with one attached hydrogen (secondary N) is 1. The molecule has 0 aliphatic carbocycles. The Bertz CT molecular complexity index is 210. The number of primary amides is 1. The molecule has 0 radical (unpaired) electrons. The molecule has 5 N–H and O–H groups in total. The monoisotopic (exact) mass is 203 g/mol. The van der Waals surface area contributed by atoms with Crippen LogP contribution in [0.5, 0.6) is 0 Å². The van der Waals surface area contributed by atoms with Gasteiger partial charge in [-0.05, 0) is 13.8 Å². The molecule has 0 aromatic rings. The van der Waals surface area contributed by atoms with Crippen LogP contribution in [-0.2, 0) is 14.3 Å². The summed E-state index contributed by atoms with van der Waals surface area (Å²) in [6, 6.07) is 0. The van der Waals surface area contributed by atoms with Gasteiger partial charge in [0.05, 0.1) is 12.1 Å². The summed E-state index contributed by atoms with van der Waals surface area (Å²) >= 11 is 0. The molecule has 14 heavy (non-hydrogen) atoms. The molecule has 0 bridgehead atoms. The minimum absolute atomic E-state index is 0.137. The first-order chi connectivity index (χ1) is 6.34. The van der Waals surface area contributed by atoms with Gasteiger partial charge in [0.2, 0.25) is 11.8 Å². The fraction of sp³-hybridized carbons (Fsp3) is 0.750. The molecular formula is C8H17N3O3. The second-order valence-corrected chi connectivity index (χ2v) is 3.50. The second kappa shape index (κ2) is 5.56. The maximum Gasteiger partial charge on any atom is 0.243 e. The highest BCUT2D eigenvalue weighted by Crippen LogP contribution is 1.94. The van der Waals surface area contributed by atoms with Crippen LogP contribution in [0.1, 0.15) is 13.8 Å². The van der Waals surface area contributed by atoms with E-state index >= 15 is 0 Å². The lowest BCUT2D eigenvalue weighted by Crippen LogP contribution is -2.49. The third-order valence-electron chi connectivity index (χ3n) is 1.36. The molecule has 0 aromatic carbocycles. The molecular weight excluding hydrogens is 186 g/mol. The van der Waals surface area contributed by atoms with Gasteiger partial charge in [0.25, 0.3) is 0 Å². The minimum Gasteiger partial charge on any atom is -0.370 e. The van der Waals surface area contributed by atoms with Crippen molar-refractivity contribution in [2.24, 2.45) is 11.5 Å². The van der Waals surface area contributed by atoms with E-state index in [1.165, 1.54) is 0 Å². The van der Waals surface area contributed by atoms with E-state index in [1.807, 2.05) is 0 Å². The Labute approximate surface area is 83.0 Å². The van der Waals surface area contributed by atoms with Crippen LogP contribution < -0.4 is 16.8 Å². The third kappa shape index (κ3) is 6.38. The van der Waals surface area contributed by atoms with Gasteiger partial charge < -0.3 is 21.5 Å². The Kier molecular flexibility index (Phi) is 5.11. The number of hydrogen-bond acceptors (Lipinski definition) is 4. The molecule has 0 atom stereocenters. The van der Waals surface area contributed by atoms with Crippen LogP contribution in [0.2, 0.25) is 0 Å². The van der Waals surface area contributed by atoms with Gasteiger partial charge in [0.1, 0.15) is 6.61 Å². The van der Waals surface area contributed by atoms with Crippen molar-refractivity contribution in [3.05, 3.63) is 0 Å². The van der Waals surface area contributed by atoms with Crippen LogP contribution in [0.15, 0.2) is 0 Å². The average molecular weight is 203 g/mol. The maximum atomic E-state index is 11.2. The van der Waals surface area contributed by atoms with Gasteiger partial charge in [0, 0.05) is 6.54 Å². The van der Waals surface area contributed by atoms with Crippen LogP contribution >= 0.6 is 0 Å². The van der Waals surface area contributed by atoms with E-state index in [-0.39, 0.29) is 19.1 Å². The summed E-state index contributed by atoms with van der Waals surface area (Å²) in [7, 11) is 0. The number of nitrogens with two attached hydrogens (primary N) is 2. The normalized spacial score (nSPS) is 11.1. The van der Waals surface area contributed by atoms with Gasteiger partial charge in [0.15, 0.2) is 0 Å². The summed E-state index contributed by atoms with van der Waals surface area (Å²) in [5, 5.41) is 2.56. The zero-order valence-electron chi connectivity index (χ0n) is 8.50.